The number of fused-ring (bicyclic) bond motifs is 1. The molecule has 170 valence electrons. The lowest BCUT2D eigenvalue weighted by molar-refractivity contribution is 0.119. The summed E-state index contributed by atoms with van der Waals surface area (Å²) in [6.07, 6.45) is 2.66. The van der Waals surface area contributed by atoms with Gasteiger partial charge >= 0.3 is 0 Å². The lowest BCUT2D eigenvalue weighted by atomic mass is 9.98. The molecule has 2 aliphatic rings. The molecule has 5 rings (SSSR count). The highest BCUT2D eigenvalue weighted by atomic mass is 16.1. The first kappa shape index (κ1) is 21.7. The standard InChI is InChI=1S/C27H31N5O/c1-17-16-32(24-14-26(33)30(5)23-12-13-25(28-4)29-27(23)24)18(2)15-31(17)19(3)20-6-8-21(9-7-20)22-10-11-22/h6-9,12-14,17-19,22H,10-11,15-16H2,1-3,5H3/t17-,18+,19?/m1/s1. The molecule has 0 bridgehead atoms. The van der Waals surface area contributed by atoms with Crippen molar-refractivity contribution in [2.24, 2.45) is 7.05 Å². The van der Waals surface area contributed by atoms with Crippen molar-refractivity contribution in [2.75, 3.05) is 18.0 Å². The molecule has 2 aromatic heterocycles. The normalized spacial score (nSPS) is 22.3. The number of benzene rings is 1. The molecular formula is C27H31N5O. The number of aromatic nitrogens is 2. The molecule has 1 aliphatic heterocycles. The van der Waals surface area contributed by atoms with Gasteiger partial charge in [0.1, 0.15) is 0 Å². The van der Waals surface area contributed by atoms with E-state index in [1.807, 2.05) is 6.07 Å². The minimum atomic E-state index is -0.0544. The van der Waals surface area contributed by atoms with Gasteiger partial charge in [-0.25, -0.2) is 0 Å². The number of hydrogen-bond acceptors (Lipinski definition) is 4. The molecule has 3 aromatic rings. The fraction of sp³-hybridized carbons (Fsp3) is 0.444. The van der Waals surface area contributed by atoms with Crippen LogP contribution >= 0.6 is 0 Å². The van der Waals surface area contributed by atoms with Crippen LogP contribution in [0.2, 0.25) is 0 Å². The van der Waals surface area contributed by atoms with Gasteiger partial charge in [0.15, 0.2) is 0 Å². The Labute approximate surface area is 195 Å². The van der Waals surface area contributed by atoms with Crippen LogP contribution in [0.4, 0.5) is 11.5 Å². The zero-order valence-electron chi connectivity index (χ0n) is 19.8. The van der Waals surface area contributed by atoms with Gasteiger partial charge in [0, 0.05) is 44.3 Å². The third-order valence-electron chi connectivity index (χ3n) is 7.48. The zero-order valence-corrected chi connectivity index (χ0v) is 19.8. The molecule has 1 aromatic carbocycles. The second-order valence-corrected chi connectivity index (χ2v) is 9.74. The summed E-state index contributed by atoms with van der Waals surface area (Å²) >= 11 is 0. The van der Waals surface area contributed by atoms with Crippen molar-refractivity contribution in [3.05, 3.63) is 75.4 Å². The van der Waals surface area contributed by atoms with Gasteiger partial charge in [0.2, 0.25) is 5.52 Å². The van der Waals surface area contributed by atoms with E-state index in [1.165, 1.54) is 24.0 Å². The summed E-state index contributed by atoms with van der Waals surface area (Å²) in [7, 11) is 1.76. The molecular weight excluding hydrogens is 410 g/mol. The molecule has 1 saturated carbocycles. The van der Waals surface area contributed by atoms with Gasteiger partial charge in [0.25, 0.3) is 11.4 Å². The number of hydrogen-bond donors (Lipinski definition) is 0. The van der Waals surface area contributed by atoms with Gasteiger partial charge < -0.3 is 14.3 Å². The summed E-state index contributed by atoms with van der Waals surface area (Å²) in [5, 5.41) is 0. The van der Waals surface area contributed by atoms with E-state index in [4.69, 9.17) is 6.57 Å². The maximum Gasteiger partial charge on any atom is 0.270 e. The minimum absolute atomic E-state index is 0.0544. The van der Waals surface area contributed by atoms with Crippen molar-refractivity contribution in [1.82, 2.24) is 14.5 Å². The van der Waals surface area contributed by atoms with Crippen molar-refractivity contribution in [1.29, 1.82) is 0 Å². The Morgan fingerprint density at radius 2 is 1.79 bits per heavy atom. The van der Waals surface area contributed by atoms with E-state index in [2.05, 4.69) is 64.7 Å². The van der Waals surface area contributed by atoms with Crippen LogP contribution in [0.1, 0.15) is 56.7 Å². The Hall–Kier alpha value is -3.17. The summed E-state index contributed by atoms with van der Waals surface area (Å²) < 4.78 is 1.61. The smallest absolute Gasteiger partial charge is 0.270 e. The molecule has 33 heavy (non-hydrogen) atoms. The van der Waals surface area contributed by atoms with E-state index in [0.29, 0.717) is 17.9 Å². The third kappa shape index (κ3) is 3.91. The molecule has 3 heterocycles. The Bertz CT molecular complexity index is 1280. The lowest BCUT2D eigenvalue weighted by Gasteiger charge is -2.47. The minimum Gasteiger partial charge on any atom is -0.362 e. The average Bonchev–Trinajstić information content (AvgIpc) is 3.67. The van der Waals surface area contributed by atoms with E-state index in [-0.39, 0.29) is 11.6 Å². The highest BCUT2D eigenvalue weighted by Gasteiger charge is 2.34. The zero-order chi connectivity index (χ0) is 23.3. The summed E-state index contributed by atoms with van der Waals surface area (Å²) in [5.41, 5.74) is 5.09. The second-order valence-electron chi connectivity index (χ2n) is 9.74. The molecule has 1 aliphatic carbocycles. The molecule has 0 amide bonds. The Morgan fingerprint density at radius 3 is 2.45 bits per heavy atom. The molecule has 6 heteroatoms. The van der Waals surface area contributed by atoms with Gasteiger partial charge in [-0.2, -0.15) is 0 Å². The van der Waals surface area contributed by atoms with Crippen LogP contribution in [0, 0.1) is 6.57 Å². The van der Waals surface area contributed by atoms with Crippen LogP contribution in [0.25, 0.3) is 15.9 Å². The number of pyridine rings is 2. The van der Waals surface area contributed by atoms with Gasteiger partial charge in [0.05, 0.1) is 11.2 Å². The van der Waals surface area contributed by atoms with Crippen LogP contribution in [0.3, 0.4) is 0 Å². The summed E-state index contributed by atoms with van der Waals surface area (Å²) in [4.78, 5) is 25.7. The van der Waals surface area contributed by atoms with E-state index >= 15 is 0 Å². The van der Waals surface area contributed by atoms with Crippen molar-refractivity contribution < 1.29 is 0 Å². The molecule has 0 radical (unpaired) electrons. The predicted octanol–water partition coefficient (Wildman–Crippen LogP) is 5.02. The first-order valence-corrected chi connectivity index (χ1v) is 11.9. The van der Waals surface area contributed by atoms with Crippen LogP contribution in [0.5, 0.6) is 0 Å². The molecule has 1 unspecified atom stereocenters. The number of anilines is 1. The number of piperazine rings is 1. The first-order chi connectivity index (χ1) is 15.9. The van der Waals surface area contributed by atoms with Gasteiger partial charge in [-0.05, 0) is 62.8 Å². The number of aryl methyl sites for hydroxylation is 1. The topological polar surface area (TPSA) is 45.7 Å². The first-order valence-electron chi connectivity index (χ1n) is 11.9. The Balaban J connectivity index is 1.44. The largest absolute Gasteiger partial charge is 0.362 e. The average molecular weight is 442 g/mol. The van der Waals surface area contributed by atoms with Gasteiger partial charge in [-0.3, -0.25) is 9.69 Å². The summed E-state index contributed by atoms with van der Waals surface area (Å²) in [6.45, 7) is 15.8. The monoisotopic (exact) mass is 441 g/mol. The number of nitrogens with zero attached hydrogens (tertiary/aromatic N) is 5. The third-order valence-corrected chi connectivity index (χ3v) is 7.48. The molecule has 0 spiro atoms. The van der Waals surface area contributed by atoms with Crippen molar-refractivity contribution >= 4 is 22.5 Å². The Morgan fingerprint density at radius 1 is 1.06 bits per heavy atom. The van der Waals surface area contributed by atoms with E-state index in [9.17, 15) is 4.79 Å². The fourth-order valence-electron chi connectivity index (χ4n) is 5.27. The highest BCUT2D eigenvalue weighted by molar-refractivity contribution is 5.89. The molecule has 0 N–H and O–H groups in total. The Kier molecular flexibility index (Phi) is 5.46. The quantitative estimate of drug-likeness (QED) is 0.533. The van der Waals surface area contributed by atoms with Gasteiger partial charge in [-0.15, -0.1) is 4.98 Å². The van der Waals surface area contributed by atoms with Crippen molar-refractivity contribution in [3.8, 4) is 0 Å². The summed E-state index contributed by atoms with van der Waals surface area (Å²) in [6, 6.07) is 15.2. The van der Waals surface area contributed by atoms with Crippen LogP contribution in [-0.4, -0.2) is 39.6 Å². The van der Waals surface area contributed by atoms with Crippen LogP contribution < -0.4 is 10.5 Å². The maximum absolute atomic E-state index is 12.7. The van der Waals surface area contributed by atoms with Crippen molar-refractivity contribution in [2.45, 2.75) is 57.7 Å². The van der Waals surface area contributed by atoms with Crippen molar-refractivity contribution in [3.63, 3.8) is 0 Å². The second kappa shape index (κ2) is 8.31. The molecule has 1 saturated heterocycles. The SMILES string of the molecule is [C-]#[N+]c1ccc2c(n1)c(N1C[C@@H](C)N(C(C)c3ccc(C4CC4)cc3)C[C@@H]1C)cc(=O)n2C. The fourth-order valence-corrected chi connectivity index (χ4v) is 5.27. The summed E-state index contributed by atoms with van der Waals surface area (Å²) in [5.74, 6) is 1.13. The van der Waals surface area contributed by atoms with E-state index in [1.54, 1.807) is 23.7 Å². The van der Waals surface area contributed by atoms with Gasteiger partial charge in [-0.1, -0.05) is 30.8 Å². The van der Waals surface area contributed by atoms with Crippen LogP contribution in [0.15, 0.2) is 47.3 Å². The predicted molar refractivity (Wildman–Crippen MR) is 133 cm³/mol. The van der Waals surface area contributed by atoms with E-state index < -0.39 is 0 Å². The van der Waals surface area contributed by atoms with Crippen LogP contribution in [-0.2, 0) is 7.05 Å². The molecule has 6 nitrogen and oxygen atoms in total. The molecule has 3 atom stereocenters. The number of rotatable bonds is 4. The molecule has 2 fully saturated rings. The lowest BCUT2D eigenvalue weighted by Crippen LogP contribution is -2.57. The maximum atomic E-state index is 12.7. The van der Waals surface area contributed by atoms with E-state index in [0.717, 1.165) is 35.7 Å². The highest BCUT2D eigenvalue weighted by Crippen LogP contribution is 2.40.